The van der Waals surface area contributed by atoms with Crippen LogP contribution in [0.3, 0.4) is 0 Å². The van der Waals surface area contributed by atoms with E-state index in [-0.39, 0.29) is 31.7 Å². The zero-order chi connectivity index (χ0) is 18.1. The highest BCUT2D eigenvalue weighted by atomic mass is 35.5. The molecule has 1 rings (SSSR count). The second-order valence-electron chi connectivity index (χ2n) is 5.46. The zero-order valence-corrected chi connectivity index (χ0v) is 15.0. The Bertz CT molecular complexity index is 530. The summed E-state index contributed by atoms with van der Waals surface area (Å²) in [6, 6.07) is 6.29. The maximum absolute atomic E-state index is 12.5. The first-order chi connectivity index (χ1) is 11.4. The molecule has 134 valence electrons. The molecule has 7 heteroatoms. The van der Waals surface area contributed by atoms with Crippen LogP contribution in [0.15, 0.2) is 24.3 Å². The van der Waals surface area contributed by atoms with Crippen molar-refractivity contribution in [3.05, 3.63) is 29.3 Å². The van der Waals surface area contributed by atoms with Gasteiger partial charge in [-0.05, 0) is 30.7 Å². The second-order valence-corrected chi connectivity index (χ2v) is 5.89. The number of carbonyl (C=O) groups excluding carboxylic acids is 2. The number of carbonyl (C=O) groups is 2. The molecule has 0 radical (unpaired) electrons. The van der Waals surface area contributed by atoms with Crippen molar-refractivity contribution in [3.63, 3.8) is 0 Å². The predicted octanol–water partition coefficient (Wildman–Crippen LogP) is 2.13. The number of hydrogen-bond donors (Lipinski definition) is 1. The van der Waals surface area contributed by atoms with E-state index in [2.05, 4.69) is 0 Å². The molecule has 0 aliphatic carbocycles. The molecule has 1 aromatic rings. The van der Waals surface area contributed by atoms with Gasteiger partial charge in [-0.15, -0.1) is 0 Å². The lowest BCUT2D eigenvalue weighted by atomic mass is 10.1. The van der Waals surface area contributed by atoms with Crippen molar-refractivity contribution < 1.29 is 24.2 Å². The number of nitrogens with zero attached hydrogens (tertiary/aromatic N) is 1. The van der Waals surface area contributed by atoms with Crippen LogP contribution in [0.1, 0.15) is 20.3 Å². The third kappa shape index (κ3) is 6.02. The van der Waals surface area contributed by atoms with Gasteiger partial charge in [0, 0.05) is 11.6 Å². The molecule has 0 heterocycles. The number of aliphatic hydroxyl groups excluding tert-OH is 1. The fraction of sp³-hybridized carbons (Fsp3) is 0.529. The average Bonchev–Trinajstić information content (AvgIpc) is 2.60. The van der Waals surface area contributed by atoms with Gasteiger partial charge in [-0.1, -0.05) is 25.4 Å². The molecule has 2 atom stereocenters. The van der Waals surface area contributed by atoms with Gasteiger partial charge in [0.15, 0.2) is 6.61 Å². The standard InChI is InChI=1S/C17H24ClNO5/c1-4-14(10-20)19(9-12(2)17(22)23-3)16(21)11-24-15-7-5-13(18)6-8-15/h5-8,12,14,20H,4,9-11H2,1-3H3. The van der Waals surface area contributed by atoms with Gasteiger partial charge in [0.25, 0.3) is 5.91 Å². The highest BCUT2D eigenvalue weighted by molar-refractivity contribution is 6.30. The maximum atomic E-state index is 12.5. The molecule has 6 nitrogen and oxygen atoms in total. The van der Waals surface area contributed by atoms with Crippen molar-refractivity contribution in [1.82, 2.24) is 4.90 Å². The summed E-state index contributed by atoms with van der Waals surface area (Å²) in [7, 11) is 1.30. The highest BCUT2D eigenvalue weighted by Gasteiger charge is 2.27. The van der Waals surface area contributed by atoms with E-state index < -0.39 is 11.9 Å². The summed E-state index contributed by atoms with van der Waals surface area (Å²) < 4.78 is 10.2. The molecule has 24 heavy (non-hydrogen) atoms. The monoisotopic (exact) mass is 357 g/mol. The Morgan fingerprint density at radius 3 is 2.42 bits per heavy atom. The third-order valence-corrected chi connectivity index (χ3v) is 3.95. The van der Waals surface area contributed by atoms with Gasteiger partial charge in [-0.2, -0.15) is 0 Å². The van der Waals surface area contributed by atoms with Crippen LogP contribution in [0.4, 0.5) is 0 Å². The lowest BCUT2D eigenvalue weighted by Gasteiger charge is -2.31. The Morgan fingerprint density at radius 2 is 1.92 bits per heavy atom. The first kappa shape index (κ1) is 20.3. The van der Waals surface area contributed by atoms with Crippen LogP contribution in [0, 0.1) is 5.92 Å². The number of methoxy groups -OCH3 is 1. The van der Waals surface area contributed by atoms with Gasteiger partial charge in [-0.3, -0.25) is 9.59 Å². The Hall–Kier alpha value is -1.79. The van der Waals surface area contributed by atoms with Crippen molar-refractivity contribution in [1.29, 1.82) is 0 Å². The predicted molar refractivity (Wildman–Crippen MR) is 91.0 cm³/mol. The first-order valence-electron chi connectivity index (χ1n) is 7.79. The number of rotatable bonds is 9. The van der Waals surface area contributed by atoms with Gasteiger partial charge in [0.1, 0.15) is 5.75 Å². The van der Waals surface area contributed by atoms with Crippen molar-refractivity contribution >= 4 is 23.5 Å². The Morgan fingerprint density at radius 1 is 1.29 bits per heavy atom. The molecule has 1 N–H and O–H groups in total. The summed E-state index contributed by atoms with van der Waals surface area (Å²) in [6.45, 7) is 3.33. The fourth-order valence-corrected chi connectivity index (χ4v) is 2.36. The van der Waals surface area contributed by atoms with Crippen LogP contribution in [0.5, 0.6) is 5.75 Å². The Labute approximate surface area is 147 Å². The molecule has 0 bridgehead atoms. The lowest BCUT2D eigenvalue weighted by molar-refractivity contribution is -0.148. The minimum absolute atomic E-state index is 0.161. The van der Waals surface area contributed by atoms with E-state index in [9.17, 15) is 14.7 Å². The third-order valence-electron chi connectivity index (χ3n) is 3.69. The normalized spacial score (nSPS) is 13.0. The minimum atomic E-state index is -0.491. The van der Waals surface area contributed by atoms with Crippen LogP contribution in [0.25, 0.3) is 0 Å². The SMILES string of the molecule is CCC(CO)N(CC(C)C(=O)OC)C(=O)COc1ccc(Cl)cc1. The molecule has 0 fully saturated rings. The number of esters is 1. The van der Waals surface area contributed by atoms with E-state index in [1.54, 1.807) is 31.2 Å². The minimum Gasteiger partial charge on any atom is -0.484 e. The number of amides is 1. The summed E-state index contributed by atoms with van der Waals surface area (Å²) >= 11 is 5.80. The molecule has 0 saturated carbocycles. The van der Waals surface area contributed by atoms with Crippen LogP contribution >= 0.6 is 11.6 Å². The Kier molecular flexibility index (Phi) is 8.57. The molecular formula is C17H24ClNO5. The molecule has 0 aromatic heterocycles. The fourth-order valence-electron chi connectivity index (χ4n) is 2.23. The second kappa shape index (κ2) is 10.2. The van der Waals surface area contributed by atoms with Gasteiger partial charge in [-0.25, -0.2) is 0 Å². The van der Waals surface area contributed by atoms with Crippen LogP contribution in [-0.2, 0) is 14.3 Å². The highest BCUT2D eigenvalue weighted by Crippen LogP contribution is 2.16. The Balaban J connectivity index is 2.75. The summed E-state index contributed by atoms with van der Waals surface area (Å²) in [5.74, 6) is -0.679. The largest absolute Gasteiger partial charge is 0.484 e. The van der Waals surface area contributed by atoms with E-state index in [0.29, 0.717) is 17.2 Å². The van der Waals surface area contributed by atoms with E-state index in [1.165, 1.54) is 12.0 Å². The molecule has 1 aromatic carbocycles. The van der Waals surface area contributed by atoms with Crippen molar-refractivity contribution in [2.75, 3.05) is 26.9 Å². The molecule has 1 amide bonds. The number of ether oxygens (including phenoxy) is 2. The van der Waals surface area contributed by atoms with Gasteiger partial charge in [0.2, 0.25) is 0 Å². The van der Waals surface area contributed by atoms with Gasteiger partial charge < -0.3 is 19.5 Å². The molecule has 0 aliphatic heterocycles. The van der Waals surface area contributed by atoms with E-state index >= 15 is 0 Å². The molecule has 0 spiro atoms. The van der Waals surface area contributed by atoms with Crippen molar-refractivity contribution in [2.45, 2.75) is 26.3 Å². The number of aliphatic hydroxyl groups is 1. The molecular weight excluding hydrogens is 334 g/mol. The van der Waals surface area contributed by atoms with Crippen molar-refractivity contribution in [2.24, 2.45) is 5.92 Å². The smallest absolute Gasteiger partial charge is 0.310 e. The first-order valence-corrected chi connectivity index (χ1v) is 8.17. The number of hydrogen-bond acceptors (Lipinski definition) is 5. The van der Waals surface area contributed by atoms with E-state index in [0.717, 1.165) is 0 Å². The van der Waals surface area contributed by atoms with Crippen LogP contribution in [-0.4, -0.2) is 54.8 Å². The lowest BCUT2D eigenvalue weighted by Crippen LogP contribution is -2.47. The molecule has 0 saturated heterocycles. The summed E-state index contributed by atoms with van der Waals surface area (Å²) in [5, 5.41) is 10.1. The summed E-state index contributed by atoms with van der Waals surface area (Å²) in [5.41, 5.74) is 0. The summed E-state index contributed by atoms with van der Waals surface area (Å²) in [4.78, 5) is 25.6. The van der Waals surface area contributed by atoms with Crippen molar-refractivity contribution in [3.8, 4) is 5.75 Å². The van der Waals surface area contributed by atoms with E-state index in [1.807, 2.05) is 6.92 Å². The van der Waals surface area contributed by atoms with E-state index in [4.69, 9.17) is 21.1 Å². The average molecular weight is 358 g/mol. The quantitative estimate of drug-likeness (QED) is 0.685. The number of halogens is 1. The van der Waals surface area contributed by atoms with Gasteiger partial charge in [0.05, 0.1) is 25.7 Å². The van der Waals surface area contributed by atoms with Crippen LogP contribution < -0.4 is 4.74 Å². The molecule has 2 unspecified atom stereocenters. The maximum Gasteiger partial charge on any atom is 0.310 e. The topological polar surface area (TPSA) is 76.1 Å². The number of benzene rings is 1. The summed E-state index contributed by atoms with van der Waals surface area (Å²) in [6.07, 6.45) is 0.567. The molecule has 0 aliphatic rings. The van der Waals surface area contributed by atoms with Gasteiger partial charge >= 0.3 is 5.97 Å². The van der Waals surface area contributed by atoms with Crippen LogP contribution in [0.2, 0.25) is 5.02 Å². The zero-order valence-electron chi connectivity index (χ0n) is 14.2.